The zero-order valence-corrected chi connectivity index (χ0v) is 12.8. The summed E-state index contributed by atoms with van der Waals surface area (Å²) in [6.07, 6.45) is 0.612. The van der Waals surface area contributed by atoms with Gasteiger partial charge in [-0.25, -0.2) is 13.1 Å². The van der Waals surface area contributed by atoms with Crippen molar-refractivity contribution in [2.24, 2.45) is 5.73 Å². The monoisotopic (exact) mass is 304 g/mol. The van der Waals surface area contributed by atoms with Crippen LogP contribution in [-0.4, -0.2) is 21.0 Å². The largest absolute Gasteiger partial charge is 0.328 e. The lowest BCUT2D eigenvalue weighted by Gasteiger charge is -2.09. The Morgan fingerprint density at radius 2 is 1.57 bits per heavy atom. The minimum atomic E-state index is -3.46. The van der Waals surface area contributed by atoms with E-state index >= 15 is 0 Å². The van der Waals surface area contributed by atoms with Gasteiger partial charge in [-0.1, -0.05) is 42.5 Å². The molecule has 0 aliphatic rings. The number of benzene rings is 2. The maximum Gasteiger partial charge on any atom is 0.240 e. The fourth-order valence-electron chi connectivity index (χ4n) is 1.96. The van der Waals surface area contributed by atoms with Crippen molar-refractivity contribution in [2.45, 2.75) is 24.3 Å². The molecule has 0 bridgehead atoms. The Kier molecular flexibility index (Phi) is 5.12. The predicted octanol–water partition coefficient (Wildman–Crippen LogP) is 2.37. The highest BCUT2D eigenvalue weighted by atomic mass is 32.2. The number of hydrogen-bond donors (Lipinski definition) is 2. The second-order valence-corrected chi connectivity index (χ2v) is 6.82. The molecule has 0 spiro atoms. The average Bonchev–Trinajstić information content (AvgIpc) is 2.48. The molecular weight excluding hydrogens is 284 g/mol. The minimum absolute atomic E-state index is 0.0202. The first-order valence-corrected chi connectivity index (χ1v) is 8.38. The Bertz CT molecular complexity index is 665. The molecule has 2 rings (SSSR count). The van der Waals surface area contributed by atoms with E-state index in [9.17, 15) is 8.42 Å². The number of rotatable bonds is 6. The molecule has 2 aromatic rings. The highest BCUT2D eigenvalue weighted by Gasteiger charge is 2.13. The summed E-state index contributed by atoms with van der Waals surface area (Å²) < 4.78 is 26.8. The van der Waals surface area contributed by atoms with Crippen molar-refractivity contribution in [3.8, 4) is 11.1 Å². The van der Waals surface area contributed by atoms with E-state index in [4.69, 9.17) is 5.73 Å². The molecule has 112 valence electrons. The molecule has 0 saturated heterocycles. The van der Waals surface area contributed by atoms with Crippen LogP contribution in [0.4, 0.5) is 0 Å². The first-order chi connectivity index (χ1) is 9.99. The fraction of sp³-hybridized carbons (Fsp3) is 0.250. The smallest absolute Gasteiger partial charge is 0.240 e. The summed E-state index contributed by atoms with van der Waals surface area (Å²) in [6.45, 7) is 2.20. The van der Waals surface area contributed by atoms with Crippen LogP contribution < -0.4 is 10.5 Å². The Labute approximate surface area is 126 Å². The molecule has 0 saturated carbocycles. The average molecular weight is 304 g/mol. The third-order valence-electron chi connectivity index (χ3n) is 3.16. The Hall–Kier alpha value is -1.69. The van der Waals surface area contributed by atoms with Gasteiger partial charge >= 0.3 is 0 Å². The molecule has 0 fully saturated rings. The first kappa shape index (κ1) is 15.7. The van der Waals surface area contributed by atoms with Crippen LogP contribution in [-0.2, 0) is 10.0 Å². The lowest BCUT2D eigenvalue weighted by atomic mass is 10.1. The summed E-state index contributed by atoms with van der Waals surface area (Å²) in [5.41, 5.74) is 7.66. The quantitative estimate of drug-likeness (QED) is 0.860. The van der Waals surface area contributed by atoms with Crippen molar-refractivity contribution >= 4 is 10.0 Å². The summed E-state index contributed by atoms with van der Waals surface area (Å²) in [4.78, 5) is 0.270. The van der Waals surface area contributed by atoms with Gasteiger partial charge in [0.05, 0.1) is 4.90 Å². The number of nitrogens with two attached hydrogens (primary N) is 1. The van der Waals surface area contributed by atoms with Crippen LogP contribution in [0.25, 0.3) is 11.1 Å². The summed E-state index contributed by atoms with van der Waals surface area (Å²) in [6, 6.07) is 16.7. The van der Waals surface area contributed by atoms with Gasteiger partial charge in [0.15, 0.2) is 0 Å². The van der Waals surface area contributed by atoms with Gasteiger partial charge in [0.1, 0.15) is 0 Å². The van der Waals surface area contributed by atoms with Crippen LogP contribution in [0.1, 0.15) is 13.3 Å². The van der Waals surface area contributed by atoms with Crippen LogP contribution in [0.15, 0.2) is 59.5 Å². The SMILES string of the molecule is C[C@H](N)CCNS(=O)(=O)c1ccc(-c2ccccc2)cc1. The molecule has 0 unspecified atom stereocenters. The van der Waals surface area contributed by atoms with E-state index in [1.54, 1.807) is 12.1 Å². The third-order valence-corrected chi connectivity index (χ3v) is 4.64. The van der Waals surface area contributed by atoms with Crippen LogP contribution in [0.5, 0.6) is 0 Å². The van der Waals surface area contributed by atoms with E-state index in [-0.39, 0.29) is 10.9 Å². The molecule has 5 heteroatoms. The van der Waals surface area contributed by atoms with Crippen molar-refractivity contribution in [2.75, 3.05) is 6.54 Å². The molecule has 0 aromatic heterocycles. The summed E-state index contributed by atoms with van der Waals surface area (Å²) in [5.74, 6) is 0. The molecule has 1 atom stereocenters. The lowest BCUT2D eigenvalue weighted by molar-refractivity contribution is 0.572. The van der Waals surface area contributed by atoms with Crippen molar-refractivity contribution in [1.82, 2.24) is 4.72 Å². The zero-order valence-electron chi connectivity index (χ0n) is 12.0. The highest BCUT2D eigenvalue weighted by Crippen LogP contribution is 2.20. The summed E-state index contributed by atoms with van der Waals surface area (Å²) in [7, 11) is -3.46. The minimum Gasteiger partial charge on any atom is -0.328 e. The Morgan fingerprint density at radius 3 is 2.14 bits per heavy atom. The van der Waals surface area contributed by atoms with E-state index < -0.39 is 10.0 Å². The maximum absolute atomic E-state index is 12.1. The van der Waals surface area contributed by atoms with Crippen LogP contribution in [0.3, 0.4) is 0 Å². The lowest BCUT2D eigenvalue weighted by Crippen LogP contribution is -2.29. The standard InChI is InChI=1S/C16H20N2O2S/c1-13(17)11-12-18-21(19,20)16-9-7-15(8-10-16)14-5-3-2-4-6-14/h2-10,13,18H,11-12,17H2,1H3/t13-/m0/s1. The number of hydrogen-bond acceptors (Lipinski definition) is 3. The van der Waals surface area contributed by atoms with E-state index in [0.717, 1.165) is 11.1 Å². The Morgan fingerprint density at radius 1 is 1.00 bits per heavy atom. The molecular formula is C16H20N2O2S. The van der Waals surface area contributed by atoms with Gasteiger partial charge < -0.3 is 5.73 Å². The second-order valence-electron chi connectivity index (χ2n) is 5.05. The van der Waals surface area contributed by atoms with E-state index in [0.29, 0.717) is 13.0 Å². The second kappa shape index (κ2) is 6.85. The summed E-state index contributed by atoms with van der Waals surface area (Å²) >= 11 is 0. The predicted molar refractivity (Wildman–Crippen MR) is 85.3 cm³/mol. The van der Waals surface area contributed by atoms with Crippen LogP contribution >= 0.6 is 0 Å². The molecule has 0 aliphatic carbocycles. The van der Waals surface area contributed by atoms with Gasteiger partial charge in [-0.05, 0) is 36.6 Å². The topological polar surface area (TPSA) is 72.2 Å². The van der Waals surface area contributed by atoms with Crippen LogP contribution in [0.2, 0.25) is 0 Å². The maximum atomic E-state index is 12.1. The molecule has 4 nitrogen and oxygen atoms in total. The van der Waals surface area contributed by atoms with Gasteiger partial charge in [0.25, 0.3) is 0 Å². The molecule has 0 heterocycles. The number of nitrogens with one attached hydrogen (secondary N) is 1. The van der Waals surface area contributed by atoms with Crippen molar-refractivity contribution in [1.29, 1.82) is 0 Å². The van der Waals surface area contributed by atoms with Gasteiger partial charge in [0.2, 0.25) is 10.0 Å². The Balaban J connectivity index is 2.11. The fourth-order valence-corrected chi connectivity index (χ4v) is 3.01. The zero-order chi connectivity index (χ0) is 15.3. The van der Waals surface area contributed by atoms with E-state index in [1.165, 1.54) is 0 Å². The van der Waals surface area contributed by atoms with Gasteiger partial charge in [-0.3, -0.25) is 0 Å². The molecule has 0 amide bonds. The third kappa shape index (κ3) is 4.39. The van der Waals surface area contributed by atoms with Crippen LogP contribution in [0, 0.1) is 0 Å². The molecule has 2 aromatic carbocycles. The first-order valence-electron chi connectivity index (χ1n) is 6.90. The van der Waals surface area contributed by atoms with E-state index in [2.05, 4.69) is 4.72 Å². The van der Waals surface area contributed by atoms with Crippen molar-refractivity contribution < 1.29 is 8.42 Å². The van der Waals surface area contributed by atoms with Gasteiger partial charge in [-0.15, -0.1) is 0 Å². The van der Waals surface area contributed by atoms with Crippen molar-refractivity contribution in [3.05, 3.63) is 54.6 Å². The molecule has 0 radical (unpaired) electrons. The molecule has 3 N–H and O–H groups in total. The normalized spacial score (nSPS) is 13.0. The molecule has 0 aliphatic heterocycles. The molecule has 21 heavy (non-hydrogen) atoms. The van der Waals surface area contributed by atoms with Crippen molar-refractivity contribution in [3.63, 3.8) is 0 Å². The van der Waals surface area contributed by atoms with Gasteiger partial charge in [0, 0.05) is 12.6 Å². The number of sulfonamides is 1. The van der Waals surface area contributed by atoms with Gasteiger partial charge in [-0.2, -0.15) is 0 Å². The summed E-state index contributed by atoms with van der Waals surface area (Å²) in [5, 5.41) is 0. The van der Waals surface area contributed by atoms with E-state index in [1.807, 2.05) is 49.4 Å². The highest BCUT2D eigenvalue weighted by molar-refractivity contribution is 7.89.